The summed E-state index contributed by atoms with van der Waals surface area (Å²) >= 11 is 0. The van der Waals surface area contributed by atoms with Crippen LogP contribution in [0.5, 0.6) is 0 Å². The van der Waals surface area contributed by atoms with E-state index in [0.717, 1.165) is 16.6 Å². The number of rotatable bonds is 1. The molecule has 4 nitrogen and oxygen atoms in total. The lowest BCUT2D eigenvalue weighted by molar-refractivity contribution is 1.24. The molecule has 0 saturated heterocycles. The number of amidine groups is 1. The number of fused-ring (bicyclic) bond motifs is 1. The van der Waals surface area contributed by atoms with E-state index in [-0.39, 0.29) is 5.84 Å². The van der Waals surface area contributed by atoms with Crippen molar-refractivity contribution in [3.63, 3.8) is 0 Å². The molecule has 0 fully saturated rings. The van der Waals surface area contributed by atoms with Gasteiger partial charge in [-0.1, -0.05) is 12.1 Å². The zero-order valence-corrected chi connectivity index (χ0v) is 7.26. The van der Waals surface area contributed by atoms with E-state index in [2.05, 4.69) is 9.97 Å². The van der Waals surface area contributed by atoms with Crippen molar-refractivity contribution in [3.05, 3.63) is 29.6 Å². The maximum Gasteiger partial charge on any atom is 0.173 e. The highest BCUT2D eigenvalue weighted by molar-refractivity contribution is 5.95. The number of nitrogens with zero attached hydrogens (tertiary/aromatic N) is 1. The summed E-state index contributed by atoms with van der Waals surface area (Å²) in [5.41, 5.74) is 8.21. The van der Waals surface area contributed by atoms with Gasteiger partial charge in [0.25, 0.3) is 0 Å². The van der Waals surface area contributed by atoms with Gasteiger partial charge in [0.2, 0.25) is 0 Å². The molecular weight excluding hydrogens is 164 g/mol. The van der Waals surface area contributed by atoms with E-state index in [1.165, 1.54) is 0 Å². The number of aromatic amines is 1. The highest BCUT2D eigenvalue weighted by Gasteiger charge is 2.05. The number of imidazole rings is 1. The van der Waals surface area contributed by atoms with Gasteiger partial charge in [-0.05, 0) is 18.6 Å². The Morgan fingerprint density at radius 2 is 2.31 bits per heavy atom. The quantitative estimate of drug-likeness (QED) is 0.448. The number of para-hydroxylation sites is 1. The van der Waals surface area contributed by atoms with Crippen LogP contribution in [0, 0.1) is 12.3 Å². The number of aromatic nitrogens is 2. The second-order valence-corrected chi connectivity index (χ2v) is 2.97. The number of H-pyrrole nitrogens is 1. The topological polar surface area (TPSA) is 78.5 Å². The van der Waals surface area contributed by atoms with E-state index in [9.17, 15) is 0 Å². The molecule has 1 aromatic heterocycles. The van der Waals surface area contributed by atoms with Gasteiger partial charge < -0.3 is 10.7 Å². The molecule has 0 spiro atoms. The number of nitrogens with one attached hydrogen (secondary N) is 2. The molecule has 2 aromatic rings. The van der Waals surface area contributed by atoms with Crippen molar-refractivity contribution < 1.29 is 0 Å². The molecule has 0 unspecified atom stereocenters. The minimum Gasteiger partial charge on any atom is -0.381 e. The number of nitrogens with two attached hydrogens (primary N) is 1. The van der Waals surface area contributed by atoms with E-state index in [1.54, 1.807) is 0 Å². The van der Waals surface area contributed by atoms with Crippen LogP contribution in [0.15, 0.2) is 18.2 Å². The zero-order valence-electron chi connectivity index (χ0n) is 7.26. The number of nitrogen functional groups attached to an aromatic ring is 1. The highest BCUT2D eigenvalue weighted by atomic mass is 15.0. The van der Waals surface area contributed by atoms with Crippen molar-refractivity contribution in [2.24, 2.45) is 5.73 Å². The van der Waals surface area contributed by atoms with Crippen molar-refractivity contribution in [3.8, 4) is 0 Å². The number of hydrogen-bond donors (Lipinski definition) is 3. The fraction of sp³-hybridized carbons (Fsp3) is 0.111. The molecule has 0 aliphatic carbocycles. The van der Waals surface area contributed by atoms with Crippen molar-refractivity contribution in [2.45, 2.75) is 6.92 Å². The van der Waals surface area contributed by atoms with Crippen LogP contribution in [0.1, 0.15) is 11.4 Å². The van der Waals surface area contributed by atoms with Crippen molar-refractivity contribution >= 4 is 16.9 Å². The Bertz CT molecular complexity index is 469. The largest absolute Gasteiger partial charge is 0.381 e. The lowest BCUT2D eigenvalue weighted by Crippen LogP contribution is -2.12. The molecule has 13 heavy (non-hydrogen) atoms. The van der Waals surface area contributed by atoms with Gasteiger partial charge in [-0.3, -0.25) is 5.41 Å². The summed E-state index contributed by atoms with van der Waals surface area (Å²) in [5, 5.41) is 7.22. The van der Waals surface area contributed by atoms with Gasteiger partial charge in [-0.25, -0.2) is 4.98 Å². The SMILES string of the molecule is Cc1cccc2[nH]c(C(=N)N)nc12. The van der Waals surface area contributed by atoms with Gasteiger partial charge in [0.15, 0.2) is 11.7 Å². The summed E-state index contributed by atoms with van der Waals surface area (Å²) in [6, 6.07) is 5.84. The van der Waals surface area contributed by atoms with Crippen LogP contribution in [0.25, 0.3) is 11.0 Å². The van der Waals surface area contributed by atoms with Gasteiger partial charge in [0.1, 0.15) is 0 Å². The van der Waals surface area contributed by atoms with Gasteiger partial charge in [-0.2, -0.15) is 0 Å². The molecule has 0 aliphatic rings. The molecule has 0 amide bonds. The fourth-order valence-corrected chi connectivity index (χ4v) is 1.30. The monoisotopic (exact) mass is 174 g/mol. The van der Waals surface area contributed by atoms with Crippen LogP contribution in [-0.4, -0.2) is 15.8 Å². The molecule has 0 bridgehead atoms. The van der Waals surface area contributed by atoms with E-state index >= 15 is 0 Å². The molecule has 1 aromatic carbocycles. The second-order valence-electron chi connectivity index (χ2n) is 2.97. The molecule has 0 aliphatic heterocycles. The molecule has 0 atom stereocenters. The van der Waals surface area contributed by atoms with E-state index in [4.69, 9.17) is 11.1 Å². The third-order valence-corrected chi connectivity index (χ3v) is 1.97. The van der Waals surface area contributed by atoms with Crippen molar-refractivity contribution in [1.29, 1.82) is 5.41 Å². The molecular formula is C9H10N4. The Kier molecular flexibility index (Phi) is 1.55. The number of benzene rings is 1. The lowest BCUT2D eigenvalue weighted by atomic mass is 10.2. The smallest absolute Gasteiger partial charge is 0.173 e. The first kappa shape index (κ1) is 7.79. The highest BCUT2D eigenvalue weighted by Crippen LogP contribution is 2.14. The van der Waals surface area contributed by atoms with Crippen LogP contribution < -0.4 is 5.73 Å². The van der Waals surface area contributed by atoms with Crippen LogP contribution in [0.3, 0.4) is 0 Å². The minimum atomic E-state index is -0.0319. The normalized spacial score (nSPS) is 10.5. The van der Waals surface area contributed by atoms with Gasteiger partial charge in [-0.15, -0.1) is 0 Å². The summed E-state index contributed by atoms with van der Waals surface area (Å²) < 4.78 is 0. The Labute approximate surface area is 75.3 Å². The predicted molar refractivity (Wildman–Crippen MR) is 51.8 cm³/mol. The predicted octanol–water partition coefficient (Wildman–Crippen LogP) is 1.16. The van der Waals surface area contributed by atoms with Crippen molar-refractivity contribution in [1.82, 2.24) is 9.97 Å². The molecule has 2 rings (SSSR count). The maximum absolute atomic E-state index is 7.22. The first-order valence-electron chi connectivity index (χ1n) is 3.98. The Morgan fingerprint density at radius 3 is 2.92 bits per heavy atom. The Morgan fingerprint density at radius 1 is 1.54 bits per heavy atom. The third kappa shape index (κ3) is 1.16. The Balaban J connectivity index is 2.75. The molecule has 4 N–H and O–H groups in total. The number of hydrogen-bond acceptors (Lipinski definition) is 2. The van der Waals surface area contributed by atoms with Crippen LogP contribution in [0.2, 0.25) is 0 Å². The van der Waals surface area contributed by atoms with E-state index in [0.29, 0.717) is 5.82 Å². The number of aryl methyl sites for hydroxylation is 1. The summed E-state index contributed by atoms with van der Waals surface area (Å²) in [4.78, 5) is 7.18. The van der Waals surface area contributed by atoms with Crippen LogP contribution in [-0.2, 0) is 0 Å². The third-order valence-electron chi connectivity index (χ3n) is 1.97. The van der Waals surface area contributed by atoms with Gasteiger partial charge in [0, 0.05) is 0 Å². The van der Waals surface area contributed by atoms with Gasteiger partial charge in [0.05, 0.1) is 11.0 Å². The average Bonchev–Trinajstić information content (AvgIpc) is 2.49. The minimum absolute atomic E-state index is 0.0319. The fourth-order valence-electron chi connectivity index (χ4n) is 1.30. The average molecular weight is 174 g/mol. The summed E-state index contributed by atoms with van der Waals surface area (Å²) in [6.07, 6.45) is 0. The first-order chi connectivity index (χ1) is 6.18. The second kappa shape index (κ2) is 2.58. The summed E-state index contributed by atoms with van der Waals surface area (Å²) in [7, 11) is 0. The molecule has 0 saturated carbocycles. The zero-order chi connectivity index (χ0) is 9.42. The van der Waals surface area contributed by atoms with Crippen molar-refractivity contribution in [2.75, 3.05) is 0 Å². The van der Waals surface area contributed by atoms with E-state index in [1.807, 2.05) is 25.1 Å². The lowest BCUT2D eigenvalue weighted by Gasteiger charge is -1.90. The summed E-state index contributed by atoms with van der Waals surface area (Å²) in [5.74, 6) is 0.403. The molecule has 66 valence electrons. The molecule has 4 heteroatoms. The molecule has 1 heterocycles. The van der Waals surface area contributed by atoms with Crippen LogP contribution >= 0.6 is 0 Å². The van der Waals surface area contributed by atoms with E-state index < -0.39 is 0 Å². The standard InChI is InChI=1S/C9H10N4/c1-5-3-2-4-6-7(5)13-9(12-6)8(10)11/h2-4H,1H3,(H3,10,11)(H,12,13). The first-order valence-corrected chi connectivity index (χ1v) is 3.98. The maximum atomic E-state index is 7.22. The molecule has 0 radical (unpaired) electrons. The van der Waals surface area contributed by atoms with Gasteiger partial charge >= 0.3 is 0 Å². The Hall–Kier alpha value is -1.84. The van der Waals surface area contributed by atoms with Crippen LogP contribution in [0.4, 0.5) is 0 Å². The summed E-state index contributed by atoms with van der Waals surface area (Å²) in [6.45, 7) is 1.98.